The third-order valence-corrected chi connectivity index (χ3v) is 6.50. The van der Waals surface area contributed by atoms with E-state index >= 15 is 0 Å². The Morgan fingerprint density at radius 2 is 1.72 bits per heavy atom. The van der Waals surface area contributed by atoms with E-state index in [2.05, 4.69) is 15.5 Å². The van der Waals surface area contributed by atoms with Gasteiger partial charge in [-0.1, -0.05) is 65.9 Å². The Bertz CT molecular complexity index is 1580. The van der Waals surface area contributed by atoms with Gasteiger partial charge in [0.15, 0.2) is 11.5 Å². The molecule has 8 nitrogen and oxygen atoms in total. The van der Waals surface area contributed by atoms with Gasteiger partial charge in [0, 0.05) is 5.56 Å². The molecule has 0 saturated heterocycles. The van der Waals surface area contributed by atoms with Gasteiger partial charge in [-0.2, -0.15) is 0 Å². The van der Waals surface area contributed by atoms with Crippen LogP contribution in [0.1, 0.15) is 22.8 Å². The van der Waals surface area contributed by atoms with E-state index in [0.717, 1.165) is 22.2 Å². The SMILES string of the molecule is CCOC(=O)c1ccccc1NC(=O)CSc1nc2ccccc2n2c(-c3ccc(C)cc3)nnc12. The van der Waals surface area contributed by atoms with E-state index in [0.29, 0.717) is 27.7 Å². The van der Waals surface area contributed by atoms with Crippen LogP contribution in [0.5, 0.6) is 0 Å². The number of benzene rings is 3. The summed E-state index contributed by atoms with van der Waals surface area (Å²) in [7, 11) is 0. The Labute approximate surface area is 211 Å². The molecule has 0 aliphatic rings. The number of aromatic nitrogens is 4. The second-order valence-corrected chi connectivity index (χ2v) is 9.02. The summed E-state index contributed by atoms with van der Waals surface area (Å²) >= 11 is 1.26. The van der Waals surface area contributed by atoms with E-state index in [1.165, 1.54) is 11.8 Å². The third-order valence-electron chi connectivity index (χ3n) is 5.55. The minimum absolute atomic E-state index is 0.0743. The van der Waals surface area contributed by atoms with Crippen molar-refractivity contribution in [3.05, 3.63) is 83.9 Å². The molecule has 5 aromatic rings. The molecular weight excluding hydrogens is 474 g/mol. The Kier molecular flexibility index (Phi) is 6.64. The molecule has 0 saturated carbocycles. The van der Waals surface area contributed by atoms with Gasteiger partial charge in [-0.25, -0.2) is 9.78 Å². The number of rotatable bonds is 7. The molecule has 0 atom stereocenters. The molecule has 180 valence electrons. The lowest BCUT2D eigenvalue weighted by molar-refractivity contribution is -0.113. The molecule has 1 N–H and O–H groups in total. The Balaban J connectivity index is 1.45. The maximum atomic E-state index is 12.8. The fourth-order valence-corrected chi connectivity index (χ4v) is 4.61. The van der Waals surface area contributed by atoms with E-state index in [1.54, 1.807) is 31.2 Å². The molecule has 2 aromatic heterocycles. The van der Waals surface area contributed by atoms with Gasteiger partial charge < -0.3 is 10.1 Å². The summed E-state index contributed by atoms with van der Waals surface area (Å²) in [5, 5.41) is 12.3. The van der Waals surface area contributed by atoms with Crippen LogP contribution >= 0.6 is 11.8 Å². The van der Waals surface area contributed by atoms with Crippen molar-refractivity contribution in [2.45, 2.75) is 18.9 Å². The van der Waals surface area contributed by atoms with Crippen LogP contribution in [0.3, 0.4) is 0 Å². The maximum Gasteiger partial charge on any atom is 0.340 e. The third kappa shape index (κ3) is 4.65. The number of esters is 1. The summed E-state index contributed by atoms with van der Waals surface area (Å²) in [4.78, 5) is 29.8. The van der Waals surface area contributed by atoms with E-state index in [-0.39, 0.29) is 18.3 Å². The highest BCUT2D eigenvalue weighted by molar-refractivity contribution is 8.00. The van der Waals surface area contributed by atoms with Crippen molar-refractivity contribution in [2.75, 3.05) is 17.7 Å². The van der Waals surface area contributed by atoms with Crippen molar-refractivity contribution in [2.24, 2.45) is 0 Å². The van der Waals surface area contributed by atoms with Gasteiger partial charge in [-0.05, 0) is 38.1 Å². The first-order valence-corrected chi connectivity index (χ1v) is 12.4. The van der Waals surface area contributed by atoms with Crippen molar-refractivity contribution >= 4 is 46.0 Å². The highest BCUT2D eigenvalue weighted by atomic mass is 32.2. The monoisotopic (exact) mass is 497 g/mol. The van der Waals surface area contributed by atoms with Crippen molar-refractivity contribution < 1.29 is 14.3 Å². The van der Waals surface area contributed by atoms with Crippen LogP contribution < -0.4 is 5.32 Å². The minimum Gasteiger partial charge on any atom is -0.462 e. The zero-order valence-corrected chi connectivity index (χ0v) is 20.6. The highest BCUT2D eigenvalue weighted by Gasteiger charge is 2.19. The van der Waals surface area contributed by atoms with Crippen LogP contribution in [0.25, 0.3) is 28.1 Å². The second-order valence-electron chi connectivity index (χ2n) is 8.06. The molecule has 2 heterocycles. The van der Waals surface area contributed by atoms with E-state index in [4.69, 9.17) is 9.72 Å². The van der Waals surface area contributed by atoms with Crippen molar-refractivity contribution in [3.63, 3.8) is 0 Å². The number of fused-ring (bicyclic) bond motifs is 3. The standard InChI is InChI=1S/C27H23N5O3S/c1-3-35-27(34)19-8-4-5-9-20(19)28-23(33)16-36-26-25-31-30-24(18-14-12-17(2)13-15-18)32(25)22-11-7-6-10-21(22)29-26/h4-15H,3,16H2,1-2H3,(H,28,33). The van der Waals surface area contributed by atoms with Gasteiger partial charge in [0.05, 0.1) is 34.6 Å². The number of carbonyl (C=O) groups excluding carboxylic acids is 2. The number of anilines is 1. The number of nitrogens with zero attached hydrogens (tertiary/aromatic N) is 4. The Hall–Kier alpha value is -4.24. The highest BCUT2D eigenvalue weighted by Crippen LogP contribution is 2.29. The zero-order chi connectivity index (χ0) is 25.1. The number of hydrogen-bond donors (Lipinski definition) is 1. The van der Waals surface area contributed by atoms with Crippen LogP contribution in [-0.2, 0) is 9.53 Å². The zero-order valence-electron chi connectivity index (χ0n) is 19.8. The van der Waals surface area contributed by atoms with Gasteiger partial charge in [0.2, 0.25) is 5.91 Å². The van der Waals surface area contributed by atoms with Crippen LogP contribution in [0.15, 0.2) is 77.8 Å². The number of amides is 1. The summed E-state index contributed by atoms with van der Waals surface area (Å²) in [6.07, 6.45) is 0. The molecule has 0 aliphatic heterocycles. The number of aryl methyl sites for hydroxylation is 1. The number of para-hydroxylation sites is 3. The number of carbonyl (C=O) groups is 2. The Morgan fingerprint density at radius 1 is 0.972 bits per heavy atom. The smallest absolute Gasteiger partial charge is 0.340 e. The molecule has 9 heteroatoms. The summed E-state index contributed by atoms with van der Waals surface area (Å²) in [5.74, 6) is 0.0256. The number of hydrogen-bond acceptors (Lipinski definition) is 7. The number of nitrogens with one attached hydrogen (secondary N) is 1. The summed E-state index contributed by atoms with van der Waals surface area (Å²) < 4.78 is 7.07. The molecular formula is C27H23N5O3S. The first-order chi connectivity index (χ1) is 17.5. The molecule has 36 heavy (non-hydrogen) atoms. The van der Waals surface area contributed by atoms with Crippen LogP contribution in [0.4, 0.5) is 5.69 Å². The van der Waals surface area contributed by atoms with Crippen molar-refractivity contribution in [1.29, 1.82) is 0 Å². The quantitative estimate of drug-likeness (QED) is 0.245. The van der Waals surface area contributed by atoms with Crippen molar-refractivity contribution in [1.82, 2.24) is 19.6 Å². The largest absolute Gasteiger partial charge is 0.462 e. The first kappa shape index (κ1) is 23.5. The van der Waals surface area contributed by atoms with Gasteiger partial charge in [0.1, 0.15) is 5.03 Å². The number of ether oxygens (including phenoxy) is 1. The lowest BCUT2D eigenvalue weighted by atomic mass is 10.1. The molecule has 0 aliphatic carbocycles. The van der Waals surface area contributed by atoms with E-state index in [1.807, 2.05) is 59.9 Å². The van der Waals surface area contributed by atoms with Crippen LogP contribution in [0, 0.1) is 6.92 Å². The van der Waals surface area contributed by atoms with Crippen LogP contribution in [0.2, 0.25) is 0 Å². The average Bonchev–Trinajstić information content (AvgIpc) is 3.34. The van der Waals surface area contributed by atoms with Gasteiger partial charge >= 0.3 is 5.97 Å². The number of thioether (sulfide) groups is 1. The second kappa shape index (κ2) is 10.2. The molecule has 1 amide bonds. The minimum atomic E-state index is -0.481. The molecule has 0 spiro atoms. The predicted molar refractivity (Wildman–Crippen MR) is 140 cm³/mol. The van der Waals surface area contributed by atoms with Crippen molar-refractivity contribution in [3.8, 4) is 11.4 Å². The summed E-state index contributed by atoms with van der Waals surface area (Å²) in [6, 6.07) is 22.6. The summed E-state index contributed by atoms with van der Waals surface area (Å²) in [5.41, 5.74) is 5.04. The predicted octanol–water partition coefficient (Wildman–Crippen LogP) is 5.16. The lowest BCUT2D eigenvalue weighted by Gasteiger charge is -2.11. The summed E-state index contributed by atoms with van der Waals surface area (Å²) in [6.45, 7) is 4.03. The molecule has 0 unspecified atom stereocenters. The molecule has 5 rings (SSSR count). The van der Waals surface area contributed by atoms with E-state index < -0.39 is 5.97 Å². The molecule has 0 bridgehead atoms. The van der Waals surface area contributed by atoms with Gasteiger partial charge in [0.25, 0.3) is 0 Å². The molecule has 0 fully saturated rings. The molecule has 0 radical (unpaired) electrons. The first-order valence-electron chi connectivity index (χ1n) is 11.4. The Morgan fingerprint density at radius 3 is 2.53 bits per heavy atom. The van der Waals surface area contributed by atoms with Gasteiger partial charge in [-0.3, -0.25) is 9.20 Å². The fraction of sp³-hybridized carbons (Fsp3) is 0.148. The van der Waals surface area contributed by atoms with E-state index in [9.17, 15) is 9.59 Å². The van der Waals surface area contributed by atoms with Gasteiger partial charge in [-0.15, -0.1) is 10.2 Å². The topological polar surface area (TPSA) is 98.5 Å². The lowest BCUT2D eigenvalue weighted by Crippen LogP contribution is -2.17. The normalized spacial score (nSPS) is 11.1. The molecule has 3 aromatic carbocycles. The average molecular weight is 498 g/mol. The van der Waals surface area contributed by atoms with Crippen LogP contribution in [-0.4, -0.2) is 43.8 Å². The maximum absolute atomic E-state index is 12.8. The fourth-order valence-electron chi connectivity index (χ4n) is 3.84.